The van der Waals surface area contributed by atoms with E-state index in [0.717, 1.165) is 19.3 Å². The van der Waals surface area contributed by atoms with Gasteiger partial charge in [0.1, 0.15) is 11.2 Å². The Kier molecular flexibility index (Phi) is 5.35. The van der Waals surface area contributed by atoms with Crippen LogP contribution in [0.25, 0.3) is 0 Å². The van der Waals surface area contributed by atoms with Crippen LogP contribution in [0.1, 0.15) is 60.8 Å². The van der Waals surface area contributed by atoms with Crippen LogP contribution in [0.3, 0.4) is 0 Å². The maximum absolute atomic E-state index is 12.3. The van der Waals surface area contributed by atoms with Gasteiger partial charge in [0.2, 0.25) is 0 Å². The molecule has 138 valence electrons. The average Bonchev–Trinajstić information content (AvgIpc) is 2.79. The van der Waals surface area contributed by atoms with Crippen molar-refractivity contribution >= 4 is 12.2 Å². The molecule has 2 fully saturated rings. The molecule has 0 unspecified atom stereocenters. The summed E-state index contributed by atoms with van der Waals surface area (Å²) < 4.78 is 10.9. The molecule has 0 aromatic rings. The van der Waals surface area contributed by atoms with Gasteiger partial charge in [0.25, 0.3) is 0 Å². The third-order valence-corrected chi connectivity index (χ3v) is 4.45. The fourth-order valence-corrected chi connectivity index (χ4v) is 3.59. The van der Waals surface area contributed by atoms with Crippen LogP contribution in [-0.4, -0.2) is 47.4 Å². The number of alkyl carbamates (subject to hydrolysis) is 1. The van der Waals surface area contributed by atoms with Crippen LogP contribution in [0, 0.1) is 11.8 Å². The van der Waals surface area contributed by atoms with Gasteiger partial charge >= 0.3 is 12.2 Å². The summed E-state index contributed by atoms with van der Waals surface area (Å²) in [6.45, 7) is 12.6. The number of hydrogen-bond acceptors (Lipinski definition) is 4. The molecule has 1 N–H and O–H groups in total. The van der Waals surface area contributed by atoms with Crippen LogP contribution in [0.2, 0.25) is 0 Å². The highest BCUT2D eigenvalue weighted by Crippen LogP contribution is 2.37. The molecule has 2 rings (SSSR count). The van der Waals surface area contributed by atoms with Gasteiger partial charge in [0, 0.05) is 25.0 Å². The number of carbonyl (C=O) groups is 2. The summed E-state index contributed by atoms with van der Waals surface area (Å²) in [4.78, 5) is 26.2. The van der Waals surface area contributed by atoms with Crippen LogP contribution >= 0.6 is 0 Å². The second kappa shape index (κ2) is 6.81. The van der Waals surface area contributed by atoms with E-state index in [1.807, 2.05) is 41.5 Å². The van der Waals surface area contributed by atoms with Gasteiger partial charge in [-0.25, -0.2) is 9.59 Å². The van der Waals surface area contributed by atoms with E-state index in [1.165, 1.54) is 0 Å². The highest BCUT2D eigenvalue weighted by atomic mass is 16.6. The molecule has 0 bridgehead atoms. The summed E-state index contributed by atoms with van der Waals surface area (Å²) in [5, 5.41) is 3.01. The fraction of sp³-hybridized carbons (Fsp3) is 0.889. The van der Waals surface area contributed by atoms with E-state index in [9.17, 15) is 9.59 Å². The number of ether oxygens (including phenoxy) is 2. The molecule has 6 nitrogen and oxygen atoms in total. The zero-order valence-corrected chi connectivity index (χ0v) is 15.8. The Balaban J connectivity index is 1.95. The number of nitrogens with one attached hydrogen (secondary N) is 1. The van der Waals surface area contributed by atoms with E-state index in [2.05, 4.69) is 5.32 Å². The lowest BCUT2D eigenvalue weighted by molar-refractivity contribution is 0.0283. The summed E-state index contributed by atoms with van der Waals surface area (Å²) in [6.07, 6.45) is 2.46. The summed E-state index contributed by atoms with van der Waals surface area (Å²) in [7, 11) is 0. The van der Waals surface area contributed by atoms with E-state index < -0.39 is 11.2 Å². The lowest BCUT2D eigenvalue weighted by Gasteiger charge is -2.33. The van der Waals surface area contributed by atoms with Crippen molar-refractivity contribution in [2.75, 3.05) is 13.1 Å². The zero-order valence-electron chi connectivity index (χ0n) is 15.8. The molecule has 2 aliphatic rings. The van der Waals surface area contributed by atoms with E-state index >= 15 is 0 Å². The maximum Gasteiger partial charge on any atom is 0.410 e. The average molecular weight is 340 g/mol. The van der Waals surface area contributed by atoms with Crippen molar-refractivity contribution in [3.63, 3.8) is 0 Å². The predicted octanol–water partition coefficient (Wildman–Crippen LogP) is 3.55. The van der Waals surface area contributed by atoms with Crippen molar-refractivity contribution in [1.82, 2.24) is 10.2 Å². The molecule has 6 heteroatoms. The molecule has 1 heterocycles. The summed E-state index contributed by atoms with van der Waals surface area (Å²) in [5.74, 6) is 0.699. The molecule has 1 saturated carbocycles. The SMILES string of the molecule is CC(C)(C)OC(=O)N[C@@H]1CCC[C@@H]2CN(C(=O)OC(C)(C)C)C[C@H]21. The lowest BCUT2D eigenvalue weighted by atomic mass is 9.78. The van der Waals surface area contributed by atoms with E-state index in [1.54, 1.807) is 4.90 Å². The van der Waals surface area contributed by atoms with E-state index in [4.69, 9.17) is 9.47 Å². The molecule has 24 heavy (non-hydrogen) atoms. The number of nitrogens with zero attached hydrogens (tertiary/aromatic N) is 1. The summed E-state index contributed by atoms with van der Waals surface area (Å²) in [6, 6.07) is 0.0611. The van der Waals surface area contributed by atoms with Crippen molar-refractivity contribution in [2.45, 2.75) is 78.0 Å². The Hall–Kier alpha value is -1.46. The first kappa shape index (κ1) is 18.9. The molecular weight excluding hydrogens is 308 g/mol. The highest BCUT2D eigenvalue weighted by molar-refractivity contribution is 5.69. The van der Waals surface area contributed by atoms with Crippen molar-refractivity contribution < 1.29 is 19.1 Å². The number of likely N-dealkylation sites (tertiary alicyclic amines) is 1. The summed E-state index contributed by atoms with van der Waals surface area (Å²) >= 11 is 0. The Morgan fingerprint density at radius 3 is 2.17 bits per heavy atom. The van der Waals surface area contributed by atoms with Gasteiger partial charge in [0.15, 0.2) is 0 Å². The van der Waals surface area contributed by atoms with E-state index in [0.29, 0.717) is 19.0 Å². The van der Waals surface area contributed by atoms with Gasteiger partial charge in [-0.1, -0.05) is 6.42 Å². The first-order chi connectivity index (χ1) is 10.9. The lowest BCUT2D eigenvalue weighted by Crippen LogP contribution is -2.47. The first-order valence-electron chi connectivity index (χ1n) is 8.92. The molecule has 0 aromatic carbocycles. The number of carbonyl (C=O) groups excluding carboxylic acids is 2. The minimum Gasteiger partial charge on any atom is -0.444 e. The van der Waals surface area contributed by atoms with Gasteiger partial charge in [-0.3, -0.25) is 0 Å². The maximum atomic E-state index is 12.3. The van der Waals surface area contributed by atoms with Gasteiger partial charge in [-0.15, -0.1) is 0 Å². The Labute approximate surface area is 145 Å². The minimum atomic E-state index is -0.504. The molecule has 0 radical (unpaired) electrons. The second-order valence-electron chi connectivity index (χ2n) is 8.99. The third kappa shape index (κ3) is 5.28. The molecular formula is C18H32N2O4. The fourth-order valence-electron chi connectivity index (χ4n) is 3.59. The van der Waals surface area contributed by atoms with Gasteiger partial charge in [-0.2, -0.15) is 0 Å². The molecule has 3 atom stereocenters. The molecule has 1 aliphatic carbocycles. The standard InChI is InChI=1S/C18H32N2O4/c1-17(2,3)23-15(21)19-14-9-7-8-12-10-20(11-13(12)14)16(22)24-18(4,5)6/h12-14H,7-11H2,1-6H3,(H,19,21)/t12-,13-,14-/m1/s1. The second-order valence-corrected chi connectivity index (χ2v) is 8.99. The molecule has 1 saturated heterocycles. The smallest absolute Gasteiger partial charge is 0.410 e. The van der Waals surface area contributed by atoms with Crippen LogP contribution in [0.5, 0.6) is 0 Å². The van der Waals surface area contributed by atoms with Gasteiger partial charge < -0.3 is 19.7 Å². The van der Waals surface area contributed by atoms with Gasteiger partial charge in [0.05, 0.1) is 0 Å². The summed E-state index contributed by atoms with van der Waals surface area (Å²) in [5.41, 5.74) is -0.991. The van der Waals surface area contributed by atoms with Crippen molar-refractivity contribution in [3.8, 4) is 0 Å². The number of rotatable bonds is 1. The van der Waals surface area contributed by atoms with Crippen LogP contribution in [0.4, 0.5) is 9.59 Å². The normalized spacial score (nSPS) is 27.4. The van der Waals surface area contributed by atoms with E-state index in [-0.39, 0.29) is 24.1 Å². The van der Waals surface area contributed by atoms with Crippen LogP contribution < -0.4 is 5.32 Å². The van der Waals surface area contributed by atoms with Crippen molar-refractivity contribution in [2.24, 2.45) is 11.8 Å². The zero-order chi connectivity index (χ0) is 18.1. The number of fused-ring (bicyclic) bond motifs is 1. The van der Waals surface area contributed by atoms with Crippen molar-refractivity contribution in [1.29, 1.82) is 0 Å². The van der Waals surface area contributed by atoms with Crippen LogP contribution in [-0.2, 0) is 9.47 Å². The first-order valence-corrected chi connectivity index (χ1v) is 8.92. The highest BCUT2D eigenvalue weighted by Gasteiger charge is 2.43. The quantitative estimate of drug-likeness (QED) is 0.793. The molecule has 0 spiro atoms. The molecule has 1 aliphatic heterocycles. The monoisotopic (exact) mass is 340 g/mol. The predicted molar refractivity (Wildman–Crippen MR) is 91.8 cm³/mol. The third-order valence-electron chi connectivity index (χ3n) is 4.45. The Morgan fingerprint density at radius 1 is 0.958 bits per heavy atom. The topological polar surface area (TPSA) is 67.9 Å². The Morgan fingerprint density at radius 2 is 1.58 bits per heavy atom. The van der Waals surface area contributed by atoms with Crippen molar-refractivity contribution in [3.05, 3.63) is 0 Å². The van der Waals surface area contributed by atoms with Gasteiger partial charge in [-0.05, 0) is 60.3 Å². The largest absolute Gasteiger partial charge is 0.444 e. The van der Waals surface area contributed by atoms with Crippen LogP contribution in [0.15, 0.2) is 0 Å². The Bertz CT molecular complexity index is 478. The minimum absolute atomic E-state index is 0.0611. The number of hydrogen-bond donors (Lipinski definition) is 1. The number of amides is 2. The molecule has 0 aromatic heterocycles. The molecule has 2 amide bonds.